The van der Waals surface area contributed by atoms with Crippen molar-refractivity contribution >= 4 is 53.0 Å². The van der Waals surface area contributed by atoms with Gasteiger partial charge in [-0.15, -0.1) is 11.6 Å². The van der Waals surface area contributed by atoms with Gasteiger partial charge in [0.2, 0.25) is 0 Å². The average molecular weight is 617 g/mol. The number of carbonyl (C=O) groups is 1. The average Bonchev–Trinajstić information content (AvgIpc) is 3.45. The van der Waals surface area contributed by atoms with Crippen LogP contribution in [0.1, 0.15) is 19.0 Å². The molecule has 0 bridgehead atoms. The summed E-state index contributed by atoms with van der Waals surface area (Å²) in [4.78, 5) is 27.1. The topological polar surface area (TPSA) is 133 Å². The van der Waals surface area contributed by atoms with E-state index in [1.54, 1.807) is 56.3 Å². The molecule has 16 heteroatoms. The second-order valence-corrected chi connectivity index (χ2v) is 12.9. The van der Waals surface area contributed by atoms with Gasteiger partial charge in [0.05, 0.1) is 25.9 Å². The number of aliphatic hydroxyl groups is 1. The molecule has 4 rings (SSSR count). The number of fused-ring (bicyclic) bond motifs is 1. The second-order valence-electron chi connectivity index (χ2n) is 9.46. The first-order chi connectivity index (χ1) is 18.9. The van der Waals surface area contributed by atoms with Crippen molar-refractivity contribution in [1.29, 1.82) is 0 Å². The van der Waals surface area contributed by atoms with Crippen LogP contribution in [-0.4, -0.2) is 88.2 Å². The van der Waals surface area contributed by atoms with Crippen LogP contribution >= 0.6 is 18.2 Å². The molecule has 2 aromatic heterocycles. The Morgan fingerprint density at radius 2 is 2.08 bits per heavy atom. The summed E-state index contributed by atoms with van der Waals surface area (Å²) >= 11 is 12.0. The molecule has 218 valence electrons. The second kappa shape index (κ2) is 12.2. The van der Waals surface area contributed by atoms with Gasteiger partial charge in [-0.25, -0.2) is 24.4 Å². The highest BCUT2D eigenvalue weighted by atomic mass is 35.5. The number of ether oxygens (including phenoxy) is 2. The molecule has 0 aliphatic carbocycles. The number of rotatable bonds is 11. The Hall–Kier alpha value is -2.45. The lowest BCUT2D eigenvalue weighted by atomic mass is 9.99. The van der Waals surface area contributed by atoms with Crippen LogP contribution in [0, 0.1) is 6.92 Å². The molecule has 3 aromatic rings. The van der Waals surface area contributed by atoms with Gasteiger partial charge in [-0.05, 0) is 37.8 Å². The number of benzene rings is 1. The van der Waals surface area contributed by atoms with Gasteiger partial charge in [0, 0.05) is 14.1 Å². The highest BCUT2D eigenvalue weighted by Gasteiger charge is 2.57. The summed E-state index contributed by atoms with van der Waals surface area (Å²) in [6, 6.07) is 7.71. The standard InChI is InChI=1S/C24H31ClFN6O6PS/c1-14(23(34)35-5)30-39(40,38-16-9-7-6-8-10-16)36-12-24(11-25)19(33)17(26)22(37-24)32-13-27-18-20(31(3)4)28-15(2)29-21(18)32/h6-10,13-14,17,19,22,33H,11-12H2,1-5H3,(H,30,40)/t14-,17+,19+,22-,24-,39?/m1/s1. The number of hydrogen-bond donors (Lipinski definition) is 2. The van der Waals surface area contributed by atoms with Crippen molar-refractivity contribution in [2.45, 2.75) is 44.0 Å². The maximum Gasteiger partial charge on any atom is 0.323 e. The third kappa shape index (κ3) is 6.08. The zero-order chi connectivity index (χ0) is 29.2. The fourth-order valence-electron chi connectivity index (χ4n) is 4.18. The van der Waals surface area contributed by atoms with E-state index in [1.807, 2.05) is 0 Å². The van der Waals surface area contributed by atoms with Crippen LogP contribution in [-0.2, 0) is 30.6 Å². The van der Waals surface area contributed by atoms with Crippen LogP contribution in [0.5, 0.6) is 5.75 Å². The van der Waals surface area contributed by atoms with Gasteiger partial charge in [0.1, 0.15) is 29.3 Å². The first-order valence-corrected chi connectivity index (χ1v) is 15.4. The van der Waals surface area contributed by atoms with E-state index in [2.05, 4.69) is 20.0 Å². The number of anilines is 1. The molecular formula is C24H31ClFN6O6PS. The molecule has 2 N–H and O–H groups in total. The van der Waals surface area contributed by atoms with Gasteiger partial charge in [-0.3, -0.25) is 9.36 Å². The van der Waals surface area contributed by atoms with Crippen LogP contribution < -0.4 is 14.5 Å². The molecule has 0 radical (unpaired) electrons. The maximum absolute atomic E-state index is 15.7. The molecule has 1 unspecified atom stereocenters. The smallest absolute Gasteiger partial charge is 0.323 e. The number of aryl methyl sites for hydroxylation is 1. The van der Waals surface area contributed by atoms with Crippen LogP contribution in [0.3, 0.4) is 0 Å². The summed E-state index contributed by atoms with van der Waals surface area (Å²) in [5.74, 6) is 0.433. The third-order valence-corrected chi connectivity index (χ3v) is 9.19. The monoisotopic (exact) mass is 616 g/mol. The lowest BCUT2D eigenvalue weighted by molar-refractivity contribution is -0.142. The van der Waals surface area contributed by atoms with Gasteiger partial charge in [-0.1, -0.05) is 18.2 Å². The van der Waals surface area contributed by atoms with E-state index in [9.17, 15) is 9.90 Å². The van der Waals surface area contributed by atoms with Crippen molar-refractivity contribution in [3.05, 3.63) is 42.5 Å². The number of nitrogens with one attached hydrogen (secondary N) is 1. The largest absolute Gasteiger partial charge is 0.468 e. The molecule has 1 fully saturated rings. The Bertz CT molecular complexity index is 1400. The molecule has 1 saturated heterocycles. The number of para-hydroxylation sites is 1. The minimum absolute atomic E-state index is 0.327. The third-order valence-electron chi connectivity index (χ3n) is 6.26. The van der Waals surface area contributed by atoms with Gasteiger partial charge in [-0.2, -0.15) is 0 Å². The Labute approximate surface area is 241 Å². The molecule has 0 saturated carbocycles. The normalized spacial score (nSPS) is 24.9. The number of aliphatic hydroxyl groups excluding tert-OH is 1. The Morgan fingerprint density at radius 3 is 2.70 bits per heavy atom. The van der Waals surface area contributed by atoms with E-state index in [0.717, 1.165) is 0 Å². The molecule has 1 aromatic carbocycles. The number of nitrogens with zero attached hydrogens (tertiary/aromatic N) is 5. The summed E-state index contributed by atoms with van der Waals surface area (Å²) in [7, 11) is 4.85. The SMILES string of the molecule is COC(=O)[C@@H](C)NP(=S)(OC[C@@]1(CCl)O[C@@H](n2cnc3c(N(C)C)nc(C)nc32)[C@@H](F)[C@@H]1O)Oc1ccccc1. The molecule has 0 spiro atoms. The summed E-state index contributed by atoms with van der Waals surface area (Å²) in [5, 5.41) is 13.9. The number of aromatic nitrogens is 4. The molecule has 3 heterocycles. The van der Waals surface area contributed by atoms with Crippen LogP contribution in [0.2, 0.25) is 0 Å². The Kier molecular flexibility index (Phi) is 9.30. The first-order valence-electron chi connectivity index (χ1n) is 12.2. The van der Waals surface area contributed by atoms with Crippen LogP contribution in [0.15, 0.2) is 36.7 Å². The first kappa shape index (κ1) is 30.5. The van der Waals surface area contributed by atoms with Crippen LogP contribution in [0.25, 0.3) is 11.2 Å². The molecule has 0 amide bonds. The molecule has 6 atom stereocenters. The number of halogens is 2. The van der Waals surface area contributed by atoms with E-state index in [0.29, 0.717) is 28.6 Å². The lowest BCUT2D eigenvalue weighted by Crippen LogP contribution is -2.48. The van der Waals surface area contributed by atoms with Gasteiger partial charge in [0.15, 0.2) is 29.4 Å². The van der Waals surface area contributed by atoms with Crippen molar-refractivity contribution in [3.8, 4) is 5.75 Å². The van der Waals surface area contributed by atoms with E-state index in [1.165, 1.54) is 24.9 Å². The number of alkyl halides is 2. The van der Waals surface area contributed by atoms with Crippen molar-refractivity contribution in [1.82, 2.24) is 24.6 Å². The highest BCUT2D eigenvalue weighted by molar-refractivity contribution is 8.09. The van der Waals surface area contributed by atoms with Gasteiger partial charge in [0.25, 0.3) is 0 Å². The van der Waals surface area contributed by atoms with E-state index in [-0.39, 0.29) is 5.88 Å². The predicted molar refractivity (Wildman–Crippen MR) is 151 cm³/mol. The highest BCUT2D eigenvalue weighted by Crippen LogP contribution is 2.49. The number of methoxy groups -OCH3 is 1. The number of hydrogen-bond acceptors (Lipinski definition) is 11. The minimum atomic E-state index is -3.50. The number of esters is 1. The number of carbonyl (C=O) groups excluding carboxylic acids is 1. The van der Waals surface area contributed by atoms with E-state index < -0.39 is 49.4 Å². The Morgan fingerprint density at radius 1 is 1.38 bits per heavy atom. The van der Waals surface area contributed by atoms with Crippen LogP contribution in [0.4, 0.5) is 10.2 Å². The van der Waals surface area contributed by atoms with Crippen molar-refractivity contribution in [3.63, 3.8) is 0 Å². The van der Waals surface area contributed by atoms with Crippen molar-refractivity contribution < 1.29 is 32.8 Å². The molecule has 1 aliphatic rings. The summed E-state index contributed by atoms with van der Waals surface area (Å²) < 4.78 is 40.0. The van der Waals surface area contributed by atoms with E-state index in [4.69, 9.17) is 41.9 Å². The summed E-state index contributed by atoms with van der Waals surface area (Å²) in [6.07, 6.45) is -3.58. The summed E-state index contributed by atoms with van der Waals surface area (Å²) in [5.41, 5.74) is -0.962. The zero-order valence-electron chi connectivity index (χ0n) is 22.5. The van der Waals surface area contributed by atoms with Crippen molar-refractivity contribution in [2.24, 2.45) is 0 Å². The lowest BCUT2D eigenvalue weighted by Gasteiger charge is -2.33. The van der Waals surface area contributed by atoms with E-state index >= 15 is 4.39 Å². The molecule has 1 aliphatic heterocycles. The zero-order valence-corrected chi connectivity index (χ0v) is 25.0. The minimum Gasteiger partial charge on any atom is -0.468 e. The van der Waals surface area contributed by atoms with Gasteiger partial charge < -0.3 is 28.5 Å². The maximum atomic E-state index is 15.7. The van der Waals surface area contributed by atoms with Gasteiger partial charge >= 0.3 is 12.6 Å². The molecule has 40 heavy (non-hydrogen) atoms. The predicted octanol–water partition coefficient (Wildman–Crippen LogP) is 2.88. The summed E-state index contributed by atoms with van der Waals surface area (Å²) in [6.45, 7) is -0.710. The fraction of sp³-hybridized carbons (Fsp3) is 0.500. The Balaban J connectivity index is 1.63. The number of imidazole rings is 1. The quantitative estimate of drug-likeness (QED) is 0.186. The fourth-order valence-corrected chi connectivity index (χ4v) is 6.91. The molecule has 12 nitrogen and oxygen atoms in total. The molecular weight excluding hydrogens is 586 g/mol. The van der Waals surface area contributed by atoms with Crippen molar-refractivity contribution in [2.75, 3.05) is 38.6 Å².